The lowest BCUT2D eigenvalue weighted by Crippen LogP contribution is -2.47. The van der Waals surface area contributed by atoms with Crippen molar-refractivity contribution >= 4 is 8.32 Å². The van der Waals surface area contributed by atoms with Gasteiger partial charge >= 0.3 is 0 Å². The van der Waals surface area contributed by atoms with Crippen LogP contribution < -0.4 is 14.2 Å². The second kappa shape index (κ2) is 8.40. The zero-order valence-electron chi connectivity index (χ0n) is 18.5. The highest BCUT2D eigenvalue weighted by Gasteiger charge is 2.47. The molecule has 156 valence electrons. The standard InChI is InChI=1S/C23H36O4Si/c1-15(2)28(16(3)4,17(5)6)27-20-10-8-18(9-11-20)19-12-21(24-7)23-22(13-19)25-14-26-23/h10,12-13,15-18H,8-9,11,14H2,1-7H3/t18-/m1/s1. The lowest BCUT2D eigenvalue weighted by Gasteiger charge is -2.43. The van der Waals surface area contributed by atoms with E-state index in [0.29, 0.717) is 22.5 Å². The monoisotopic (exact) mass is 404 g/mol. The first kappa shape index (κ1) is 21.1. The molecule has 1 atom stereocenters. The van der Waals surface area contributed by atoms with Crippen molar-refractivity contribution < 1.29 is 18.6 Å². The lowest BCUT2D eigenvalue weighted by molar-refractivity contribution is 0.171. The number of benzene rings is 1. The molecule has 0 radical (unpaired) electrons. The third-order valence-electron chi connectivity index (χ3n) is 6.54. The van der Waals surface area contributed by atoms with Gasteiger partial charge in [0.25, 0.3) is 8.32 Å². The van der Waals surface area contributed by atoms with Gasteiger partial charge in [0.2, 0.25) is 12.5 Å². The summed E-state index contributed by atoms with van der Waals surface area (Å²) in [5, 5.41) is 0. The number of ether oxygens (including phenoxy) is 3. The van der Waals surface area contributed by atoms with Crippen LogP contribution in [0, 0.1) is 0 Å². The van der Waals surface area contributed by atoms with Crippen molar-refractivity contribution in [3.63, 3.8) is 0 Å². The summed E-state index contributed by atoms with van der Waals surface area (Å²) in [6.45, 7) is 14.3. The van der Waals surface area contributed by atoms with Gasteiger partial charge in [0.1, 0.15) is 0 Å². The molecule has 1 aromatic rings. The highest BCUT2D eigenvalue weighted by molar-refractivity contribution is 6.77. The third-order valence-corrected chi connectivity index (χ3v) is 12.6. The van der Waals surface area contributed by atoms with Gasteiger partial charge in [-0.1, -0.05) is 41.5 Å². The van der Waals surface area contributed by atoms with Crippen molar-refractivity contribution in [1.29, 1.82) is 0 Å². The normalized spacial score (nSPS) is 19.4. The number of fused-ring (bicyclic) bond motifs is 1. The maximum Gasteiger partial charge on any atom is 0.258 e. The van der Waals surface area contributed by atoms with Crippen LogP contribution in [0.3, 0.4) is 0 Å². The van der Waals surface area contributed by atoms with Gasteiger partial charge in [-0.2, -0.15) is 0 Å². The quantitative estimate of drug-likeness (QED) is 0.470. The summed E-state index contributed by atoms with van der Waals surface area (Å²) >= 11 is 0. The van der Waals surface area contributed by atoms with Crippen molar-refractivity contribution in [2.75, 3.05) is 13.9 Å². The smallest absolute Gasteiger partial charge is 0.258 e. The molecule has 4 nitrogen and oxygen atoms in total. The first-order valence-corrected chi connectivity index (χ1v) is 12.8. The van der Waals surface area contributed by atoms with Crippen LogP contribution in [0.4, 0.5) is 0 Å². The molecule has 0 saturated carbocycles. The highest BCUT2D eigenvalue weighted by atomic mass is 28.4. The van der Waals surface area contributed by atoms with Gasteiger partial charge in [-0.3, -0.25) is 0 Å². The minimum absolute atomic E-state index is 0.268. The zero-order valence-corrected chi connectivity index (χ0v) is 19.5. The van der Waals surface area contributed by atoms with Gasteiger partial charge in [-0.05, 0) is 59.2 Å². The van der Waals surface area contributed by atoms with E-state index in [1.54, 1.807) is 7.11 Å². The molecule has 0 saturated heterocycles. The fourth-order valence-electron chi connectivity index (χ4n) is 5.17. The second-order valence-corrected chi connectivity index (χ2v) is 14.4. The molecule has 1 aliphatic carbocycles. The number of allylic oxidation sites excluding steroid dienone is 2. The Hall–Kier alpha value is -1.62. The summed E-state index contributed by atoms with van der Waals surface area (Å²) in [7, 11) is -0.187. The molecule has 0 N–H and O–H groups in total. The van der Waals surface area contributed by atoms with E-state index in [-0.39, 0.29) is 6.79 Å². The number of methoxy groups -OCH3 is 1. The van der Waals surface area contributed by atoms with E-state index in [0.717, 1.165) is 36.5 Å². The summed E-state index contributed by atoms with van der Waals surface area (Å²) < 4.78 is 23.5. The van der Waals surface area contributed by atoms with Crippen LogP contribution in [-0.4, -0.2) is 22.2 Å². The predicted octanol–water partition coefficient (Wildman–Crippen LogP) is 6.77. The number of hydrogen-bond donors (Lipinski definition) is 0. The molecule has 28 heavy (non-hydrogen) atoms. The van der Waals surface area contributed by atoms with Gasteiger partial charge in [-0.25, -0.2) is 0 Å². The summed E-state index contributed by atoms with van der Waals surface area (Å²) in [5.74, 6) is 3.96. The Labute approximate surface area is 171 Å². The zero-order chi connectivity index (χ0) is 20.5. The largest absolute Gasteiger partial charge is 0.546 e. The Morgan fingerprint density at radius 3 is 2.21 bits per heavy atom. The predicted molar refractivity (Wildman–Crippen MR) is 116 cm³/mol. The fourth-order valence-corrected chi connectivity index (χ4v) is 10.5. The Kier molecular flexibility index (Phi) is 6.33. The summed E-state index contributed by atoms with van der Waals surface area (Å²) in [6, 6.07) is 4.22. The van der Waals surface area contributed by atoms with Gasteiger partial charge in [-0.15, -0.1) is 0 Å². The minimum Gasteiger partial charge on any atom is -0.546 e. The Morgan fingerprint density at radius 1 is 1.00 bits per heavy atom. The van der Waals surface area contributed by atoms with Crippen LogP contribution in [0.1, 0.15) is 72.3 Å². The SMILES string of the molecule is COc1cc([C@@H]2CC=C(O[Si](C(C)C)(C(C)C)C(C)C)CC2)cc2c1OCO2. The van der Waals surface area contributed by atoms with Crippen molar-refractivity contribution in [2.45, 2.75) is 83.3 Å². The third kappa shape index (κ3) is 3.78. The van der Waals surface area contributed by atoms with Crippen molar-refractivity contribution in [3.05, 3.63) is 29.5 Å². The molecule has 1 aliphatic heterocycles. The van der Waals surface area contributed by atoms with E-state index in [9.17, 15) is 0 Å². The van der Waals surface area contributed by atoms with E-state index in [2.05, 4.69) is 59.8 Å². The van der Waals surface area contributed by atoms with Crippen LogP contribution in [0.15, 0.2) is 24.0 Å². The fraction of sp³-hybridized carbons (Fsp3) is 0.652. The Bertz CT molecular complexity index is 702. The van der Waals surface area contributed by atoms with Crippen LogP contribution >= 0.6 is 0 Å². The topological polar surface area (TPSA) is 36.9 Å². The van der Waals surface area contributed by atoms with Gasteiger partial charge in [0.05, 0.1) is 12.9 Å². The molecule has 1 aromatic carbocycles. The molecule has 3 rings (SSSR count). The first-order valence-electron chi connectivity index (χ1n) is 10.6. The number of hydrogen-bond acceptors (Lipinski definition) is 4. The molecule has 2 aliphatic rings. The molecular weight excluding hydrogens is 368 g/mol. The van der Waals surface area contributed by atoms with Gasteiger partial charge in [0, 0.05) is 6.42 Å². The second-order valence-electron chi connectivity index (χ2n) is 9.02. The maximum atomic E-state index is 6.90. The summed E-state index contributed by atoms with van der Waals surface area (Å²) in [4.78, 5) is 0. The minimum atomic E-state index is -1.87. The molecular formula is C23H36O4Si. The van der Waals surface area contributed by atoms with Crippen LogP contribution in [-0.2, 0) is 4.43 Å². The molecule has 0 bridgehead atoms. The van der Waals surface area contributed by atoms with E-state index >= 15 is 0 Å². The Morgan fingerprint density at radius 2 is 1.68 bits per heavy atom. The van der Waals surface area contributed by atoms with E-state index in [4.69, 9.17) is 18.6 Å². The first-order chi connectivity index (χ1) is 13.3. The average Bonchev–Trinajstić information content (AvgIpc) is 3.13. The summed E-state index contributed by atoms with van der Waals surface area (Å²) in [6.07, 6.45) is 5.42. The summed E-state index contributed by atoms with van der Waals surface area (Å²) in [5.41, 5.74) is 3.06. The van der Waals surface area contributed by atoms with Gasteiger partial charge < -0.3 is 18.6 Å². The molecule has 0 spiro atoms. The van der Waals surface area contributed by atoms with E-state index in [1.807, 2.05) is 0 Å². The van der Waals surface area contributed by atoms with Crippen LogP contribution in [0.2, 0.25) is 16.6 Å². The number of rotatable bonds is 7. The van der Waals surface area contributed by atoms with Crippen LogP contribution in [0.25, 0.3) is 0 Å². The van der Waals surface area contributed by atoms with E-state index < -0.39 is 8.32 Å². The van der Waals surface area contributed by atoms with Crippen molar-refractivity contribution in [1.82, 2.24) is 0 Å². The van der Waals surface area contributed by atoms with Crippen LogP contribution in [0.5, 0.6) is 17.2 Å². The van der Waals surface area contributed by atoms with Crippen molar-refractivity contribution in [3.8, 4) is 17.2 Å². The Balaban J connectivity index is 1.78. The molecule has 0 unspecified atom stereocenters. The lowest BCUT2D eigenvalue weighted by atomic mass is 9.87. The van der Waals surface area contributed by atoms with Crippen molar-refractivity contribution in [2.24, 2.45) is 0 Å². The molecule has 5 heteroatoms. The highest BCUT2D eigenvalue weighted by Crippen LogP contribution is 2.47. The maximum absolute atomic E-state index is 6.90. The average molecular weight is 405 g/mol. The molecule has 0 fully saturated rings. The molecule has 0 amide bonds. The molecule has 0 aromatic heterocycles. The molecule has 1 heterocycles. The van der Waals surface area contributed by atoms with Gasteiger partial charge in [0.15, 0.2) is 11.5 Å². The van der Waals surface area contributed by atoms with E-state index in [1.165, 1.54) is 11.3 Å².